The molecule has 0 spiro atoms. The van der Waals surface area contributed by atoms with Gasteiger partial charge in [0.25, 0.3) is 5.91 Å². The van der Waals surface area contributed by atoms with Crippen molar-refractivity contribution >= 4 is 23.3 Å². The number of benzene rings is 1. The zero-order chi connectivity index (χ0) is 18.4. The quantitative estimate of drug-likeness (QED) is 0.813. The number of amides is 1. The Kier molecular flexibility index (Phi) is 5.75. The summed E-state index contributed by atoms with van der Waals surface area (Å²) in [7, 11) is 0. The number of esters is 1. The van der Waals surface area contributed by atoms with E-state index < -0.39 is 0 Å². The molecule has 6 nitrogen and oxygen atoms in total. The lowest BCUT2D eigenvalue weighted by atomic mass is 10.1. The lowest BCUT2D eigenvalue weighted by Crippen LogP contribution is -2.40. The second-order valence-corrected chi connectivity index (χ2v) is 6.56. The first-order chi connectivity index (χ1) is 11.8. The van der Waals surface area contributed by atoms with Gasteiger partial charge in [-0.2, -0.15) is 0 Å². The lowest BCUT2D eigenvalue weighted by Gasteiger charge is -2.20. The van der Waals surface area contributed by atoms with E-state index in [2.05, 4.69) is 15.6 Å². The summed E-state index contributed by atoms with van der Waals surface area (Å²) < 4.78 is 4.95. The number of carbonyl (C=O) groups is 2. The van der Waals surface area contributed by atoms with Crippen LogP contribution in [0.1, 0.15) is 48.5 Å². The number of nitrogens with one attached hydrogen (secondary N) is 2. The maximum atomic E-state index is 12.0. The van der Waals surface area contributed by atoms with Crippen molar-refractivity contribution < 1.29 is 14.3 Å². The molecule has 6 heteroatoms. The van der Waals surface area contributed by atoms with Gasteiger partial charge in [0.1, 0.15) is 5.69 Å². The first-order valence-electron chi connectivity index (χ1n) is 8.11. The van der Waals surface area contributed by atoms with Gasteiger partial charge in [0.15, 0.2) is 0 Å². The van der Waals surface area contributed by atoms with Crippen molar-refractivity contribution in [3.8, 4) is 0 Å². The molecular weight excluding hydrogens is 318 g/mol. The van der Waals surface area contributed by atoms with Crippen molar-refractivity contribution in [2.45, 2.75) is 33.2 Å². The van der Waals surface area contributed by atoms with E-state index in [1.54, 1.807) is 49.5 Å². The minimum Gasteiger partial charge on any atom is -0.462 e. The van der Waals surface area contributed by atoms with Crippen molar-refractivity contribution in [2.75, 3.05) is 11.9 Å². The molecule has 132 valence electrons. The molecule has 0 radical (unpaired) electrons. The third-order valence-corrected chi connectivity index (χ3v) is 3.17. The monoisotopic (exact) mass is 341 g/mol. The van der Waals surface area contributed by atoms with E-state index in [9.17, 15) is 9.59 Å². The summed E-state index contributed by atoms with van der Waals surface area (Å²) in [6, 6.07) is 10.4. The Balaban J connectivity index is 2.01. The summed E-state index contributed by atoms with van der Waals surface area (Å²) in [5.41, 5.74) is 2.10. The zero-order valence-corrected chi connectivity index (χ0v) is 14.9. The maximum Gasteiger partial charge on any atom is 0.338 e. The fourth-order valence-corrected chi connectivity index (χ4v) is 2.08. The first kappa shape index (κ1) is 18.4. The number of pyridine rings is 1. The zero-order valence-electron chi connectivity index (χ0n) is 14.9. The van der Waals surface area contributed by atoms with Crippen LogP contribution in [0.25, 0.3) is 0 Å². The third-order valence-electron chi connectivity index (χ3n) is 3.17. The van der Waals surface area contributed by atoms with Gasteiger partial charge in [-0.25, -0.2) is 9.78 Å². The van der Waals surface area contributed by atoms with Crippen molar-refractivity contribution in [1.82, 2.24) is 10.3 Å². The Labute approximate surface area is 147 Å². The second-order valence-electron chi connectivity index (χ2n) is 6.56. The number of ether oxygens (including phenoxy) is 1. The van der Waals surface area contributed by atoms with E-state index in [1.807, 2.05) is 20.8 Å². The molecule has 25 heavy (non-hydrogen) atoms. The van der Waals surface area contributed by atoms with Gasteiger partial charge in [0, 0.05) is 11.2 Å². The van der Waals surface area contributed by atoms with Crippen LogP contribution in [0.2, 0.25) is 0 Å². The largest absolute Gasteiger partial charge is 0.462 e. The summed E-state index contributed by atoms with van der Waals surface area (Å²) in [6.07, 6.45) is 1.59. The molecule has 0 aliphatic rings. The molecule has 1 aromatic heterocycles. The Morgan fingerprint density at radius 2 is 1.68 bits per heavy atom. The standard InChI is InChI=1S/C19H23N3O3/c1-5-25-18(24)13-6-8-14(9-7-13)21-15-10-11-16(20-12-15)17(23)22-19(2,3)4/h6-12,21H,5H2,1-4H3,(H,22,23). The molecule has 0 saturated heterocycles. The van der Waals surface area contributed by atoms with Gasteiger partial charge in [0.2, 0.25) is 0 Å². The minimum absolute atomic E-state index is 0.210. The van der Waals surface area contributed by atoms with Crippen molar-refractivity contribution in [3.63, 3.8) is 0 Å². The Hall–Kier alpha value is -2.89. The predicted molar refractivity (Wildman–Crippen MR) is 97.1 cm³/mol. The van der Waals surface area contributed by atoms with Gasteiger partial charge in [-0.1, -0.05) is 0 Å². The SMILES string of the molecule is CCOC(=O)c1ccc(Nc2ccc(C(=O)NC(C)(C)C)nc2)cc1. The highest BCUT2D eigenvalue weighted by atomic mass is 16.5. The van der Waals surface area contributed by atoms with Crippen LogP contribution in [0.4, 0.5) is 11.4 Å². The predicted octanol–water partition coefficient (Wildman–Crippen LogP) is 3.53. The molecule has 1 amide bonds. The van der Waals surface area contributed by atoms with Crippen LogP contribution in [0.5, 0.6) is 0 Å². The average Bonchev–Trinajstić information content (AvgIpc) is 2.55. The molecule has 1 heterocycles. The van der Waals surface area contributed by atoms with E-state index in [1.165, 1.54) is 0 Å². The lowest BCUT2D eigenvalue weighted by molar-refractivity contribution is 0.0526. The molecule has 2 N–H and O–H groups in total. The van der Waals surface area contributed by atoms with Crippen LogP contribution < -0.4 is 10.6 Å². The third kappa shape index (κ3) is 5.60. The van der Waals surface area contributed by atoms with Crippen LogP contribution in [0, 0.1) is 0 Å². The van der Waals surface area contributed by atoms with E-state index in [-0.39, 0.29) is 17.4 Å². The van der Waals surface area contributed by atoms with Crippen LogP contribution in [-0.2, 0) is 4.74 Å². The molecule has 2 rings (SSSR count). The van der Waals surface area contributed by atoms with Gasteiger partial charge in [-0.05, 0) is 64.1 Å². The number of hydrogen-bond acceptors (Lipinski definition) is 5. The summed E-state index contributed by atoms with van der Waals surface area (Å²) in [4.78, 5) is 27.9. The number of aromatic nitrogens is 1. The Morgan fingerprint density at radius 1 is 1.04 bits per heavy atom. The molecule has 1 aromatic carbocycles. The highest BCUT2D eigenvalue weighted by Crippen LogP contribution is 2.17. The van der Waals surface area contributed by atoms with Crippen LogP contribution >= 0.6 is 0 Å². The van der Waals surface area contributed by atoms with Gasteiger partial charge in [-0.3, -0.25) is 4.79 Å². The smallest absolute Gasteiger partial charge is 0.338 e. The molecule has 0 aliphatic heterocycles. The van der Waals surface area contributed by atoms with Gasteiger partial charge < -0.3 is 15.4 Å². The van der Waals surface area contributed by atoms with E-state index in [0.717, 1.165) is 11.4 Å². The van der Waals surface area contributed by atoms with Crippen molar-refractivity contribution in [2.24, 2.45) is 0 Å². The fourth-order valence-electron chi connectivity index (χ4n) is 2.08. The molecular formula is C19H23N3O3. The van der Waals surface area contributed by atoms with Crippen molar-refractivity contribution in [3.05, 3.63) is 53.9 Å². The molecule has 2 aromatic rings. The van der Waals surface area contributed by atoms with Crippen molar-refractivity contribution in [1.29, 1.82) is 0 Å². The molecule has 0 unspecified atom stereocenters. The van der Waals surface area contributed by atoms with Crippen LogP contribution in [0.15, 0.2) is 42.6 Å². The Morgan fingerprint density at radius 3 is 2.20 bits per heavy atom. The van der Waals surface area contributed by atoms with Crippen LogP contribution in [0.3, 0.4) is 0 Å². The Bertz CT molecular complexity index is 732. The molecule has 0 atom stereocenters. The summed E-state index contributed by atoms with van der Waals surface area (Å²) in [5.74, 6) is -0.553. The van der Waals surface area contributed by atoms with Gasteiger partial charge in [0.05, 0.1) is 24.1 Å². The van der Waals surface area contributed by atoms with Gasteiger partial charge in [-0.15, -0.1) is 0 Å². The highest BCUT2D eigenvalue weighted by Gasteiger charge is 2.16. The maximum absolute atomic E-state index is 12.0. The summed E-state index contributed by atoms with van der Waals surface area (Å²) in [5, 5.41) is 6.04. The molecule has 0 fully saturated rings. The number of hydrogen-bond donors (Lipinski definition) is 2. The van der Waals surface area contributed by atoms with Crippen LogP contribution in [-0.4, -0.2) is 29.0 Å². The normalized spacial score (nSPS) is 10.9. The average molecular weight is 341 g/mol. The topological polar surface area (TPSA) is 80.3 Å². The minimum atomic E-state index is -0.343. The number of carbonyl (C=O) groups excluding carboxylic acids is 2. The van der Waals surface area contributed by atoms with E-state index >= 15 is 0 Å². The van der Waals surface area contributed by atoms with E-state index in [0.29, 0.717) is 17.9 Å². The fraction of sp³-hybridized carbons (Fsp3) is 0.316. The number of anilines is 2. The summed E-state index contributed by atoms with van der Waals surface area (Å²) in [6.45, 7) is 7.87. The van der Waals surface area contributed by atoms with E-state index in [4.69, 9.17) is 4.74 Å². The number of nitrogens with zero attached hydrogens (tertiary/aromatic N) is 1. The first-order valence-corrected chi connectivity index (χ1v) is 8.11. The highest BCUT2D eigenvalue weighted by molar-refractivity contribution is 5.93. The second kappa shape index (κ2) is 7.79. The molecule has 0 saturated carbocycles. The summed E-state index contributed by atoms with van der Waals surface area (Å²) >= 11 is 0. The molecule has 0 bridgehead atoms. The van der Waals surface area contributed by atoms with Gasteiger partial charge >= 0.3 is 5.97 Å². The molecule has 0 aliphatic carbocycles. The number of rotatable bonds is 5.